The van der Waals surface area contributed by atoms with E-state index in [4.69, 9.17) is 0 Å². The predicted octanol–water partition coefficient (Wildman–Crippen LogP) is 1.41. The van der Waals surface area contributed by atoms with E-state index in [0.717, 1.165) is 10.6 Å². The van der Waals surface area contributed by atoms with Crippen LogP contribution in [0.3, 0.4) is 0 Å². The highest BCUT2D eigenvalue weighted by Gasteiger charge is 2.27. The third-order valence-corrected chi connectivity index (χ3v) is 4.51. The van der Waals surface area contributed by atoms with Gasteiger partial charge in [0.15, 0.2) is 6.29 Å². The third kappa shape index (κ3) is 3.50. The maximum Gasteiger partial charge on any atom is 0.230 e. The van der Waals surface area contributed by atoms with Crippen molar-refractivity contribution in [2.24, 2.45) is 0 Å². The molecule has 1 aliphatic heterocycles. The van der Waals surface area contributed by atoms with Gasteiger partial charge in [0.2, 0.25) is 11.7 Å². The molecule has 0 spiro atoms. The molecule has 7 nitrogen and oxygen atoms in total. The van der Waals surface area contributed by atoms with Gasteiger partial charge in [-0.05, 0) is 24.3 Å². The van der Waals surface area contributed by atoms with Gasteiger partial charge in [0.25, 0.3) is 0 Å². The van der Waals surface area contributed by atoms with Crippen LogP contribution in [0.1, 0.15) is 5.69 Å². The van der Waals surface area contributed by atoms with Gasteiger partial charge in [-0.2, -0.15) is 0 Å². The highest BCUT2D eigenvalue weighted by Crippen LogP contribution is 2.28. The summed E-state index contributed by atoms with van der Waals surface area (Å²) in [5.74, 6) is 0.643. The fourth-order valence-corrected chi connectivity index (χ4v) is 3.25. The fourth-order valence-electron chi connectivity index (χ4n) is 2.26. The SMILES string of the molecule is CN(c1ccncc1)c1nccc(/C=C2\SCNC2C(=O)C=O)n1. The number of nitrogens with one attached hydrogen (secondary N) is 1. The smallest absolute Gasteiger partial charge is 0.230 e. The van der Waals surface area contributed by atoms with Gasteiger partial charge >= 0.3 is 0 Å². The molecule has 0 aliphatic carbocycles. The molecule has 1 saturated heterocycles. The molecule has 1 aliphatic rings. The van der Waals surface area contributed by atoms with Crippen molar-refractivity contribution in [3.63, 3.8) is 0 Å². The first-order valence-electron chi connectivity index (χ1n) is 7.22. The highest BCUT2D eigenvalue weighted by molar-refractivity contribution is 8.03. The quantitative estimate of drug-likeness (QED) is 0.645. The van der Waals surface area contributed by atoms with Crippen molar-refractivity contribution in [3.8, 4) is 0 Å². The Bertz CT molecular complexity index is 781. The number of hydrogen-bond acceptors (Lipinski definition) is 8. The summed E-state index contributed by atoms with van der Waals surface area (Å²) < 4.78 is 0. The molecule has 1 atom stereocenters. The molecule has 0 saturated carbocycles. The number of Topliss-reactive ketones (excluding diaryl/α,β-unsaturated/α-hetero) is 1. The molecule has 122 valence electrons. The number of aromatic nitrogens is 3. The number of aldehydes is 1. The molecule has 1 unspecified atom stereocenters. The summed E-state index contributed by atoms with van der Waals surface area (Å²) in [6, 6.07) is 4.91. The van der Waals surface area contributed by atoms with Gasteiger partial charge in [0, 0.05) is 42.1 Å². The second kappa shape index (κ2) is 7.33. The van der Waals surface area contributed by atoms with Crippen molar-refractivity contribution in [3.05, 3.63) is 47.4 Å². The van der Waals surface area contributed by atoms with E-state index in [0.29, 0.717) is 23.8 Å². The molecule has 3 heterocycles. The van der Waals surface area contributed by atoms with Gasteiger partial charge in [0.05, 0.1) is 5.69 Å². The summed E-state index contributed by atoms with van der Waals surface area (Å²) in [5, 5.41) is 2.99. The number of rotatable bonds is 5. The van der Waals surface area contributed by atoms with Crippen molar-refractivity contribution >= 4 is 41.5 Å². The molecular weight excluding hydrogens is 326 g/mol. The number of carbonyl (C=O) groups excluding carboxylic acids is 2. The van der Waals surface area contributed by atoms with Gasteiger partial charge in [-0.3, -0.25) is 19.9 Å². The minimum Gasteiger partial charge on any atom is -0.313 e. The Kier molecular flexibility index (Phi) is 4.97. The van der Waals surface area contributed by atoms with Crippen molar-refractivity contribution in [2.45, 2.75) is 6.04 Å². The largest absolute Gasteiger partial charge is 0.313 e. The summed E-state index contributed by atoms with van der Waals surface area (Å²) in [5.41, 5.74) is 1.59. The van der Waals surface area contributed by atoms with E-state index in [9.17, 15) is 9.59 Å². The standard InChI is InChI=1S/C16H15N5O2S/c1-21(12-3-5-17-6-4-12)16-18-7-2-11(20-16)8-14-15(13(23)9-22)19-10-24-14/h2-9,15,19H,10H2,1H3/b14-8-. The Morgan fingerprint density at radius 2 is 2.12 bits per heavy atom. The summed E-state index contributed by atoms with van der Waals surface area (Å²) >= 11 is 1.49. The van der Waals surface area contributed by atoms with Crippen LogP contribution in [-0.4, -0.2) is 46.0 Å². The Morgan fingerprint density at radius 1 is 1.33 bits per heavy atom. The van der Waals surface area contributed by atoms with Crippen LogP contribution in [0, 0.1) is 0 Å². The van der Waals surface area contributed by atoms with E-state index in [1.54, 1.807) is 24.7 Å². The Hall–Kier alpha value is -2.58. The number of pyridine rings is 1. The second-order valence-electron chi connectivity index (χ2n) is 5.04. The lowest BCUT2D eigenvalue weighted by Gasteiger charge is -2.16. The Balaban J connectivity index is 1.87. The first kappa shape index (κ1) is 16.3. The minimum atomic E-state index is -0.580. The van der Waals surface area contributed by atoms with Crippen molar-refractivity contribution in [1.29, 1.82) is 0 Å². The maximum atomic E-state index is 11.6. The monoisotopic (exact) mass is 341 g/mol. The molecule has 8 heteroatoms. The third-order valence-electron chi connectivity index (χ3n) is 3.52. The van der Waals surface area contributed by atoms with E-state index in [2.05, 4.69) is 20.3 Å². The number of ketones is 1. The van der Waals surface area contributed by atoms with Gasteiger partial charge in [-0.15, -0.1) is 11.8 Å². The van der Waals surface area contributed by atoms with Crippen LogP contribution in [0.4, 0.5) is 11.6 Å². The van der Waals surface area contributed by atoms with Crippen LogP contribution in [0.2, 0.25) is 0 Å². The van der Waals surface area contributed by atoms with Crippen LogP contribution < -0.4 is 10.2 Å². The van der Waals surface area contributed by atoms with Crippen molar-refractivity contribution in [1.82, 2.24) is 20.3 Å². The van der Waals surface area contributed by atoms with E-state index in [1.165, 1.54) is 11.8 Å². The molecule has 2 aromatic rings. The lowest BCUT2D eigenvalue weighted by Crippen LogP contribution is -2.32. The number of hydrogen-bond donors (Lipinski definition) is 1. The van der Waals surface area contributed by atoms with Crippen LogP contribution in [0.15, 0.2) is 41.7 Å². The first-order valence-corrected chi connectivity index (χ1v) is 8.21. The van der Waals surface area contributed by atoms with Crippen LogP contribution >= 0.6 is 11.8 Å². The number of nitrogens with zero attached hydrogens (tertiary/aromatic N) is 4. The summed E-state index contributed by atoms with van der Waals surface area (Å²) in [7, 11) is 1.87. The predicted molar refractivity (Wildman–Crippen MR) is 92.8 cm³/mol. The molecular formula is C16H15N5O2S. The maximum absolute atomic E-state index is 11.6. The molecule has 2 aromatic heterocycles. The van der Waals surface area contributed by atoms with Crippen molar-refractivity contribution in [2.75, 3.05) is 17.8 Å². The number of anilines is 2. The second-order valence-corrected chi connectivity index (χ2v) is 6.09. The summed E-state index contributed by atoms with van der Waals surface area (Å²) in [4.78, 5) is 37.8. The lowest BCUT2D eigenvalue weighted by molar-refractivity contribution is -0.130. The molecule has 1 N–H and O–H groups in total. The van der Waals surface area contributed by atoms with E-state index < -0.39 is 11.8 Å². The zero-order chi connectivity index (χ0) is 16.9. The fraction of sp³-hybridized carbons (Fsp3) is 0.188. The number of thioether (sulfide) groups is 1. The van der Waals surface area contributed by atoms with Crippen LogP contribution in [-0.2, 0) is 9.59 Å². The normalized spacial score (nSPS) is 18.5. The molecule has 3 rings (SSSR count). The summed E-state index contributed by atoms with van der Waals surface area (Å²) in [6.45, 7) is 0. The average Bonchev–Trinajstić information content (AvgIpc) is 3.09. The highest BCUT2D eigenvalue weighted by atomic mass is 32.2. The van der Waals surface area contributed by atoms with E-state index >= 15 is 0 Å². The van der Waals surface area contributed by atoms with Crippen molar-refractivity contribution < 1.29 is 9.59 Å². The Labute approximate surface area is 143 Å². The summed E-state index contributed by atoms with van der Waals surface area (Å²) in [6.07, 6.45) is 7.22. The zero-order valence-electron chi connectivity index (χ0n) is 12.9. The van der Waals surface area contributed by atoms with Gasteiger partial charge in [-0.25, -0.2) is 9.97 Å². The zero-order valence-corrected chi connectivity index (χ0v) is 13.7. The van der Waals surface area contributed by atoms with Gasteiger partial charge < -0.3 is 4.90 Å². The van der Waals surface area contributed by atoms with E-state index in [1.807, 2.05) is 30.2 Å². The molecule has 0 aromatic carbocycles. The average molecular weight is 341 g/mol. The molecule has 0 amide bonds. The lowest BCUT2D eigenvalue weighted by atomic mass is 10.1. The van der Waals surface area contributed by atoms with Crippen LogP contribution in [0.5, 0.6) is 0 Å². The Morgan fingerprint density at radius 3 is 2.88 bits per heavy atom. The topological polar surface area (TPSA) is 88.1 Å². The molecule has 24 heavy (non-hydrogen) atoms. The number of carbonyl (C=O) groups is 2. The molecule has 0 radical (unpaired) electrons. The first-order chi connectivity index (χ1) is 11.7. The molecule has 1 fully saturated rings. The van der Waals surface area contributed by atoms with Gasteiger partial charge in [0.1, 0.15) is 6.04 Å². The van der Waals surface area contributed by atoms with E-state index in [-0.39, 0.29) is 0 Å². The molecule has 0 bridgehead atoms. The minimum absolute atomic E-state index is 0.347. The van der Waals surface area contributed by atoms with Gasteiger partial charge in [-0.1, -0.05) is 0 Å². The van der Waals surface area contributed by atoms with Crippen LogP contribution in [0.25, 0.3) is 6.08 Å².